The molecule has 0 aromatic carbocycles. The molecule has 0 radical (unpaired) electrons. The van der Waals surface area contributed by atoms with Crippen molar-refractivity contribution in [3.63, 3.8) is 0 Å². The van der Waals surface area contributed by atoms with Crippen molar-refractivity contribution in [2.75, 3.05) is 6.54 Å². The summed E-state index contributed by atoms with van der Waals surface area (Å²) in [6.07, 6.45) is 1.37. The molecule has 1 heteroatoms. The topological polar surface area (TPSA) is 12.0 Å². The average molecular weight is 127 g/mol. The maximum atomic E-state index is 3.45. The fourth-order valence-corrected chi connectivity index (χ4v) is 1.48. The predicted octanol–water partition coefficient (Wildman–Crippen LogP) is 1.64. The van der Waals surface area contributed by atoms with Gasteiger partial charge < -0.3 is 5.32 Å². The molecule has 1 N–H and O–H groups in total. The molecule has 0 spiro atoms. The molecular formula is C8H17N. The van der Waals surface area contributed by atoms with Crippen molar-refractivity contribution >= 4 is 0 Å². The molecule has 0 saturated carbocycles. The minimum Gasteiger partial charge on any atom is -0.314 e. The van der Waals surface area contributed by atoms with Gasteiger partial charge in [0.05, 0.1) is 0 Å². The number of hydrogen-bond donors (Lipinski definition) is 1. The van der Waals surface area contributed by atoms with Crippen molar-refractivity contribution < 1.29 is 0 Å². The molecule has 1 unspecified atom stereocenters. The monoisotopic (exact) mass is 127 g/mol. The van der Waals surface area contributed by atoms with E-state index in [-0.39, 0.29) is 0 Å². The van der Waals surface area contributed by atoms with Gasteiger partial charge >= 0.3 is 0 Å². The van der Waals surface area contributed by atoms with E-state index >= 15 is 0 Å². The molecule has 0 aromatic rings. The molecule has 1 heterocycles. The van der Waals surface area contributed by atoms with Gasteiger partial charge in [-0.2, -0.15) is 0 Å². The van der Waals surface area contributed by atoms with Crippen molar-refractivity contribution in [2.24, 2.45) is 11.8 Å². The van der Waals surface area contributed by atoms with Gasteiger partial charge in [0.25, 0.3) is 0 Å². The van der Waals surface area contributed by atoms with E-state index in [1.54, 1.807) is 0 Å². The molecule has 9 heavy (non-hydrogen) atoms. The van der Waals surface area contributed by atoms with Gasteiger partial charge in [0.1, 0.15) is 0 Å². The zero-order chi connectivity index (χ0) is 6.85. The first-order valence-electron chi connectivity index (χ1n) is 3.93. The van der Waals surface area contributed by atoms with Gasteiger partial charge in [-0.1, -0.05) is 13.8 Å². The summed E-state index contributed by atoms with van der Waals surface area (Å²) in [5.74, 6) is 1.79. The van der Waals surface area contributed by atoms with Crippen molar-refractivity contribution in [1.82, 2.24) is 5.32 Å². The van der Waals surface area contributed by atoms with Crippen LogP contribution in [0.25, 0.3) is 0 Å². The van der Waals surface area contributed by atoms with E-state index in [0.717, 1.165) is 17.9 Å². The van der Waals surface area contributed by atoms with E-state index in [1.807, 2.05) is 0 Å². The minimum absolute atomic E-state index is 0.761. The van der Waals surface area contributed by atoms with E-state index in [9.17, 15) is 0 Å². The smallest absolute Gasteiger partial charge is 0.00420 e. The summed E-state index contributed by atoms with van der Waals surface area (Å²) < 4.78 is 0. The molecule has 1 nitrogen and oxygen atoms in total. The van der Waals surface area contributed by atoms with Gasteiger partial charge in [0, 0.05) is 6.04 Å². The third-order valence-electron chi connectivity index (χ3n) is 2.33. The van der Waals surface area contributed by atoms with Gasteiger partial charge in [0.15, 0.2) is 0 Å². The van der Waals surface area contributed by atoms with Crippen LogP contribution in [0.4, 0.5) is 0 Å². The lowest BCUT2D eigenvalue weighted by Gasteiger charge is -2.11. The summed E-state index contributed by atoms with van der Waals surface area (Å²) in [5, 5.41) is 3.45. The SMILES string of the molecule is CC(C)C1CN[C@@H](C)C1. The lowest BCUT2D eigenvalue weighted by atomic mass is 9.94. The van der Waals surface area contributed by atoms with Crippen LogP contribution in [-0.2, 0) is 0 Å². The number of rotatable bonds is 1. The van der Waals surface area contributed by atoms with Crippen molar-refractivity contribution in [1.29, 1.82) is 0 Å². The molecule has 1 saturated heterocycles. The zero-order valence-corrected chi connectivity index (χ0v) is 6.65. The Kier molecular flexibility index (Phi) is 2.12. The summed E-state index contributed by atoms with van der Waals surface area (Å²) in [6.45, 7) is 8.12. The highest BCUT2D eigenvalue weighted by Crippen LogP contribution is 2.20. The van der Waals surface area contributed by atoms with Gasteiger partial charge in [-0.15, -0.1) is 0 Å². The normalized spacial score (nSPS) is 36.0. The summed E-state index contributed by atoms with van der Waals surface area (Å²) >= 11 is 0. The van der Waals surface area contributed by atoms with E-state index in [2.05, 4.69) is 26.1 Å². The Morgan fingerprint density at radius 3 is 2.33 bits per heavy atom. The number of nitrogens with one attached hydrogen (secondary N) is 1. The summed E-state index contributed by atoms with van der Waals surface area (Å²) in [5.41, 5.74) is 0. The molecule has 0 bridgehead atoms. The number of hydrogen-bond acceptors (Lipinski definition) is 1. The predicted molar refractivity (Wildman–Crippen MR) is 40.4 cm³/mol. The molecule has 54 valence electrons. The van der Waals surface area contributed by atoms with Crippen LogP contribution in [0.3, 0.4) is 0 Å². The summed E-state index contributed by atoms with van der Waals surface area (Å²) in [7, 11) is 0. The Labute approximate surface area is 57.8 Å². The second kappa shape index (κ2) is 2.70. The largest absolute Gasteiger partial charge is 0.314 e. The van der Waals surface area contributed by atoms with Gasteiger partial charge in [0.2, 0.25) is 0 Å². The highest BCUT2D eigenvalue weighted by molar-refractivity contribution is 4.79. The van der Waals surface area contributed by atoms with Crippen LogP contribution in [0.15, 0.2) is 0 Å². The van der Waals surface area contributed by atoms with Gasteiger partial charge in [-0.05, 0) is 31.7 Å². The summed E-state index contributed by atoms with van der Waals surface area (Å²) in [6, 6.07) is 0.761. The Bertz CT molecular complexity index is 88.6. The van der Waals surface area contributed by atoms with Crippen LogP contribution in [0, 0.1) is 11.8 Å². The first-order chi connectivity index (χ1) is 4.20. The quantitative estimate of drug-likeness (QED) is 0.564. The van der Waals surface area contributed by atoms with Gasteiger partial charge in [-0.3, -0.25) is 0 Å². The first-order valence-corrected chi connectivity index (χ1v) is 3.93. The molecular weight excluding hydrogens is 110 g/mol. The maximum Gasteiger partial charge on any atom is 0.00420 e. The standard InChI is InChI=1S/C8H17N/c1-6(2)8-4-7(3)9-5-8/h6-9H,4-5H2,1-3H3/t7-,8?/m0/s1. The fourth-order valence-electron chi connectivity index (χ4n) is 1.48. The highest BCUT2D eigenvalue weighted by Gasteiger charge is 2.22. The first kappa shape index (κ1) is 7.07. The van der Waals surface area contributed by atoms with Crippen LogP contribution < -0.4 is 5.32 Å². The Hall–Kier alpha value is -0.0400. The molecule has 1 fully saturated rings. The van der Waals surface area contributed by atoms with Crippen LogP contribution >= 0.6 is 0 Å². The summed E-state index contributed by atoms with van der Waals surface area (Å²) in [4.78, 5) is 0. The Morgan fingerprint density at radius 2 is 2.11 bits per heavy atom. The van der Waals surface area contributed by atoms with Crippen LogP contribution in [0.2, 0.25) is 0 Å². The van der Waals surface area contributed by atoms with Crippen molar-refractivity contribution in [3.8, 4) is 0 Å². The van der Waals surface area contributed by atoms with E-state index in [4.69, 9.17) is 0 Å². The lowest BCUT2D eigenvalue weighted by Crippen LogP contribution is -2.17. The molecule has 1 rings (SSSR count). The molecule has 0 amide bonds. The maximum absolute atomic E-state index is 3.45. The Balaban J connectivity index is 2.30. The molecule has 2 atom stereocenters. The van der Waals surface area contributed by atoms with Gasteiger partial charge in [-0.25, -0.2) is 0 Å². The lowest BCUT2D eigenvalue weighted by molar-refractivity contribution is 0.413. The highest BCUT2D eigenvalue weighted by atomic mass is 14.9. The van der Waals surface area contributed by atoms with Crippen LogP contribution in [0.1, 0.15) is 27.2 Å². The molecule has 1 aliphatic rings. The van der Waals surface area contributed by atoms with Crippen molar-refractivity contribution in [2.45, 2.75) is 33.2 Å². The average Bonchev–Trinajstić information content (AvgIpc) is 2.14. The van der Waals surface area contributed by atoms with E-state index in [1.165, 1.54) is 13.0 Å². The minimum atomic E-state index is 0.761. The van der Waals surface area contributed by atoms with E-state index in [0.29, 0.717) is 0 Å². The molecule has 1 aliphatic heterocycles. The van der Waals surface area contributed by atoms with E-state index < -0.39 is 0 Å². The molecule has 0 aliphatic carbocycles. The third-order valence-corrected chi connectivity index (χ3v) is 2.33. The van der Waals surface area contributed by atoms with Crippen LogP contribution in [0.5, 0.6) is 0 Å². The molecule has 0 aromatic heterocycles. The Morgan fingerprint density at radius 1 is 1.44 bits per heavy atom. The second-order valence-corrected chi connectivity index (χ2v) is 3.55. The second-order valence-electron chi connectivity index (χ2n) is 3.55. The van der Waals surface area contributed by atoms with Crippen LogP contribution in [-0.4, -0.2) is 12.6 Å². The third kappa shape index (κ3) is 1.68. The van der Waals surface area contributed by atoms with Crippen molar-refractivity contribution in [3.05, 3.63) is 0 Å². The zero-order valence-electron chi connectivity index (χ0n) is 6.65. The fraction of sp³-hybridized carbons (Fsp3) is 1.00.